The van der Waals surface area contributed by atoms with Crippen molar-refractivity contribution < 1.29 is 14.3 Å². The fourth-order valence-corrected chi connectivity index (χ4v) is 3.44. The molecule has 0 radical (unpaired) electrons. The molecule has 0 amide bonds. The second kappa shape index (κ2) is 9.41. The third-order valence-corrected chi connectivity index (χ3v) is 4.88. The van der Waals surface area contributed by atoms with Gasteiger partial charge in [-0.05, 0) is 32.0 Å². The Morgan fingerprint density at radius 3 is 2.52 bits per heavy atom. The predicted octanol–water partition coefficient (Wildman–Crippen LogP) is 2.38. The van der Waals surface area contributed by atoms with Gasteiger partial charge in [-0.25, -0.2) is 4.40 Å². The topological polar surface area (TPSA) is 116 Å². The number of rotatable bonds is 10. The Morgan fingerprint density at radius 1 is 1.07 bits per heavy atom. The maximum Gasteiger partial charge on any atom is 0.261 e. The van der Waals surface area contributed by atoms with Crippen LogP contribution in [-0.2, 0) is 0 Å². The summed E-state index contributed by atoms with van der Waals surface area (Å²) in [7, 11) is 3.09. The molecule has 0 aliphatic rings. The van der Waals surface area contributed by atoms with Gasteiger partial charge < -0.3 is 20.1 Å². The molecule has 0 saturated heterocycles. The summed E-state index contributed by atoms with van der Waals surface area (Å²) in [6.45, 7) is 5.30. The van der Waals surface area contributed by atoms with Crippen LogP contribution in [0.15, 0.2) is 23.4 Å². The van der Waals surface area contributed by atoms with Crippen LogP contribution in [0.2, 0.25) is 0 Å². The van der Waals surface area contributed by atoms with Crippen LogP contribution >= 0.6 is 11.8 Å². The van der Waals surface area contributed by atoms with Gasteiger partial charge in [0.15, 0.2) is 22.4 Å². The molecule has 0 saturated carbocycles. The number of fused-ring (bicyclic) bond motifs is 1. The Balaban J connectivity index is 1.82. The van der Waals surface area contributed by atoms with E-state index in [0.29, 0.717) is 53.0 Å². The molecule has 0 aliphatic carbocycles. The van der Waals surface area contributed by atoms with E-state index in [-0.39, 0.29) is 11.5 Å². The highest BCUT2D eigenvalue weighted by Crippen LogP contribution is 2.29. The fourth-order valence-electron chi connectivity index (χ4n) is 2.62. The fraction of sp³-hybridized carbons (Fsp3) is 0.389. The predicted molar refractivity (Wildman–Crippen MR) is 112 cm³/mol. The van der Waals surface area contributed by atoms with Gasteiger partial charge in [0.25, 0.3) is 5.78 Å². The lowest BCUT2D eigenvalue weighted by atomic mass is 10.1. The van der Waals surface area contributed by atoms with Crippen molar-refractivity contribution in [2.45, 2.75) is 19.0 Å². The van der Waals surface area contributed by atoms with Crippen LogP contribution in [0.5, 0.6) is 11.5 Å². The van der Waals surface area contributed by atoms with E-state index in [1.54, 1.807) is 29.7 Å². The lowest BCUT2D eigenvalue weighted by molar-refractivity contribution is 0.102. The van der Waals surface area contributed by atoms with Crippen molar-refractivity contribution in [3.05, 3.63) is 23.8 Å². The largest absolute Gasteiger partial charge is 0.493 e. The molecule has 0 spiro atoms. The van der Waals surface area contributed by atoms with Gasteiger partial charge in [-0.15, -0.1) is 10.2 Å². The number of nitrogens with zero attached hydrogens (tertiary/aromatic N) is 5. The monoisotopic (exact) mass is 417 g/mol. The molecule has 3 rings (SSSR count). The van der Waals surface area contributed by atoms with Gasteiger partial charge in [0, 0.05) is 18.7 Å². The molecule has 2 aromatic heterocycles. The number of aromatic nitrogens is 5. The molecule has 3 aromatic rings. The third kappa shape index (κ3) is 4.50. The summed E-state index contributed by atoms with van der Waals surface area (Å²) in [5.74, 6) is 2.65. The second-order valence-electron chi connectivity index (χ2n) is 5.83. The smallest absolute Gasteiger partial charge is 0.261 e. The van der Waals surface area contributed by atoms with E-state index in [1.165, 1.54) is 18.9 Å². The normalized spacial score (nSPS) is 10.8. The Kier molecular flexibility index (Phi) is 6.70. The number of carbonyl (C=O) groups excluding carboxylic acids is 1. The van der Waals surface area contributed by atoms with Crippen molar-refractivity contribution in [3.63, 3.8) is 0 Å². The Hall–Kier alpha value is -3.08. The summed E-state index contributed by atoms with van der Waals surface area (Å²) in [6, 6.07) is 5.09. The van der Waals surface area contributed by atoms with Crippen LogP contribution in [0.25, 0.3) is 5.78 Å². The first-order chi connectivity index (χ1) is 14.1. The van der Waals surface area contributed by atoms with Crippen molar-refractivity contribution in [2.24, 2.45) is 0 Å². The van der Waals surface area contributed by atoms with E-state index in [4.69, 9.17) is 9.47 Å². The minimum Gasteiger partial charge on any atom is -0.493 e. The molecule has 0 atom stereocenters. The maximum atomic E-state index is 12.7. The number of ether oxygens (including phenoxy) is 2. The average Bonchev–Trinajstić information content (AvgIpc) is 3.15. The van der Waals surface area contributed by atoms with Crippen LogP contribution in [0, 0.1) is 0 Å². The van der Waals surface area contributed by atoms with Gasteiger partial charge in [-0.3, -0.25) is 4.79 Å². The SMILES string of the molecule is CCNc1nc(NCC)n2c(SCC(=O)c3ccc(OC)c(OC)c3)nnc2n1. The number of carbonyl (C=O) groups is 1. The van der Waals surface area contributed by atoms with E-state index < -0.39 is 0 Å². The summed E-state index contributed by atoms with van der Waals surface area (Å²) in [6.07, 6.45) is 0. The van der Waals surface area contributed by atoms with E-state index in [2.05, 4.69) is 30.8 Å². The molecule has 1 aromatic carbocycles. The molecule has 10 nitrogen and oxygen atoms in total. The van der Waals surface area contributed by atoms with Gasteiger partial charge in [-0.1, -0.05) is 11.8 Å². The van der Waals surface area contributed by atoms with E-state index in [1.807, 2.05) is 13.8 Å². The summed E-state index contributed by atoms with van der Waals surface area (Å²) in [5, 5.41) is 15.1. The molecule has 0 bridgehead atoms. The highest BCUT2D eigenvalue weighted by atomic mass is 32.2. The summed E-state index contributed by atoms with van der Waals surface area (Å²) < 4.78 is 12.2. The number of anilines is 2. The zero-order valence-electron chi connectivity index (χ0n) is 16.7. The number of methoxy groups -OCH3 is 2. The van der Waals surface area contributed by atoms with Crippen LogP contribution in [0.3, 0.4) is 0 Å². The van der Waals surface area contributed by atoms with Crippen LogP contribution < -0.4 is 20.1 Å². The molecule has 0 aliphatic heterocycles. The highest BCUT2D eigenvalue weighted by molar-refractivity contribution is 7.99. The number of ketones is 1. The van der Waals surface area contributed by atoms with E-state index >= 15 is 0 Å². The molecular formula is C18H23N7O3S. The van der Waals surface area contributed by atoms with Crippen molar-refractivity contribution in [2.75, 3.05) is 43.7 Å². The zero-order valence-corrected chi connectivity index (χ0v) is 17.5. The molecule has 11 heteroatoms. The Morgan fingerprint density at radius 2 is 1.83 bits per heavy atom. The molecule has 154 valence electrons. The summed E-state index contributed by atoms with van der Waals surface area (Å²) in [5.41, 5.74) is 0.529. The zero-order chi connectivity index (χ0) is 20.8. The number of benzene rings is 1. The molecule has 0 fully saturated rings. The second-order valence-corrected chi connectivity index (χ2v) is 6.77. The minimum atomic E-state index is -0.0668. The minimum absolute atomic E-state index is 0.0668. The summed E-state index contributed by atoms with van der Waals surface area (Å²) in [4.78, 5) is 21.5. The maximum absolute atomic E-state index is 12.7. The Bertz CT molecular complexity index is 1010. The van der Waals surface area contributed by atoms with Crippen molar-refractivity contribution in [3.8, 4) is 11.5 Å². The molecule has 0 unspecified atom stereocenters. The third-order valence-electron chi connectivity index (χ3n) is 3.95. The standard InChI is InChI=1S/C18H23N7O3S/c1-5-19-15-21-16(20-6-2)25-17(22-15)23-24-18(25)29-10-12(26)11-7-8-13(27-3)14(9-11)28-4/h7-9H,5-6,10H2,1-4H3,(H2,19,20,21,22,23). The quantitative estimate of drug-likeness (QED) is 0.376. The molecule has 29 heavy (non-hydrogen) atoms. The van der Waals surface area contributed by atoms with Crippen molar-refractivity contribution in [1.29, 1.82) is 0 Å². The highest BCUT2D eigenvalue weighted by Gasteiger charge is 2.17. The molecule has 2 heterocycles. The van der Waals surface area contributed by atoms with E-state index in [0.717, 1.165) is 0 Å². The lowest BCUT2D eigenvalue weighted by Gasteiger charge is -2.10. The number of thioether (sulfide) groups is 1. The van der Waals surface area contributed by atoms with Gasteiger partial charge in [0.2, 0.25) is 11.9 Å². The molecule has 2 N–H and O–H groups in total. The van der Waals surface area contributed by atoms with Crippen LogP contribution in [0.1, 0.15) is 24.2 Å². The van der Waals surface area contributed by atoms with Crippen molar-refractivity contribution in [1.82, 2.24) is 24.6 Å². The van der Waals surface area contributed by atoms with Crippen LogP contribution in [0.4, 0.5) is 11.9 Å². The number of Topliss-reactive ketones (excluding diaryl/α,β-unsaturated/α-hetero) is 1. The average molecular weight is 417 g/mol. The molecular weight excluding hydrogens is 394 g/mol. The first-order valence-corrected chi connectivity index (χ1v) is 10.1. The first kappa shape index (κ1) is 20.6. The van der Waals surface area contributed by atoms with Crippen molar-refractivity contribution >= 4 is 35.2 Å². The van der Waals surface area contributed by atoms with Gasteiger partial charge in [0.1, 0.15) is 0 Å². The van der Waals surface area contributed by atoms with E-state index in [9.17, 15) is 4.79 Å². The lowest BCUT2D eigenvalue weighted by Crippen LogP contribution is -2.12. The van der Waals surface area contributed by atoms with Gasteiger partial charge in [0.05, 0.1) is 20.0 Å². The number of hydrogen-bond acceptors (Lipinski definition) is 10. The first-order valence-electron chi connectivity index (χ1n) is 9.10. The van der Waals surface area contributed by atoms with Gasteiger partial charge in [-0.2, -0.15) is 9.97 Å². The summed E-state index contributed by atoms with van der Waals surface area (Å²) >= 11 is 1.27. The van der Waals surface area contributed by atoms with Crippen LogP contribution in [-0.4, -0.2) is 63.4 Å². The number of hydrogen-bond donors (Lipinski definition) is 2. The number of nitrogens with one attached hydrogen (secondary N) is 2. The Labute approximate surface area is 172 Å². The van der Waals surface area contributed by atoms with Gasteiger partial charge >= 0.3 is 0 Å².